The summed E-state index contributed by atoms with van der Waals surface area (Å²) in [7, 11) is 0. The molecule has 0 heterocycles. The summed E-state index contributed by atoms with van der Waals surface area (Å²) < 4.78 is 0. The average molecular weight is 429 g/mol. The fourth-order valence-corrected chi connectivity index (χ4v) is 3.79. The number of benzene rings is 2. The standard InChI is InChI=1S/C25H33ClN2O2/c1-5-7-12-27-25(30)23(6-2)28(17-20-8-10-22(26)11-9-20)24(29)16-21-14-18(3)13-19(4)15-21/h8-11,13-15,23H,5-7,12,16-17H2,1-4H3,(H,27,30). The van der Waals surface area contributed by atoms with Gasteiger partial charge in [-0.1, -0.05) is 73.3 Å². The van der Waals surface area contributed by atoms with Crippen LogP contribution in [0.5, 0.6) is 0 Å². The molecule has 0 saturated heterocycles. The minimum absolute atomic E-state index is 0.0487. The second-order valence-corrected chi connectivity index (χ2v) is 8.33. The normalized spacial score (nSPS) is 11.8. The highest BCUT2D eigenvalue weighted by atomic mass is 35.5. The number of carbonyl (C=O) groups excluding carboxylic acids is 2. The molecule has 0 aliphatic heterocycles. The number of hydrogen-bond donors (Lipinski definition) is 1. The van der Waals surface area contributed by atoms with Gasteiger partial charge in [-0.2, -0.15) is 0 Å². The molecule has 2 amide bonds. The van der Waals surface area contributed by atoms with Crippen molar-refractivity contribution >= 4 is 23.4 Å². The van der Waals surface area contributed by atoms with E-state index in [0.29, 0.717) is 24.5 Å². The summed E-state index contributed by atoms with van der Waals surface area (Å²) in [6, 6.07) is 13.1. The minimum Gasteiger partial charge on any atom is -0.354 e. The Kier molecular flexibility index (Phi) is 9.38. The van der Waals surface area contributed by atoms with Crippen molar-refractivity contribution in [3.63, 3.8) is 0 Å². The van der Waals surface area contributed by atoms with Gasteiger partial charge in [0.2, 0.25) is 11.8 Å². The molecule has 1 N–H and O–H groups in total. The van der Waals surface area contributed by atoms with Gasteiger partial charge in [0.15, 0.2) is 0 Å². The highest BCUT2D eigenvalue weighted by Crippen LogP contribution is 2.18. The van der Waals surface area contributed by atoms with Gasteiger partial charge in [0, 0.05) is 18.1 Å². The Labute approximate surface area is 185 Å². The quantitative estimate of drug-likeness (QED) is 0.527. The Balaban J connectivity index is 2.26. The first-order valence-electron chi connectivity index (χ1n) is 10.7. The van der Waals surface area contributed by atoms with Gasteiger partial charge in [0.25, 0.3) is 0 Å². The second-order valence-electron chi connectivity index (χ2n) is 7.89. The molecule has 4 nitrogen and oxygen atoms in total. The first-order chi connectivity index (χ1) is 14.3. The van der Waals surface area contributed by atoms with Crippen LogP contribution in [0.4, 0.5) is 0 Å². The molecule has 0 fully saturated rings. The summed E-state index contributed by atoms with van der Waals surface area (Å²) in [5, 5.41) is 3.64. The van der Waals surface area contributed by atoms with Crippen molar-refractivity contribution in [2.24, 2.45) is 0 Å². The maximum atomic E-state index is 13.4. The van der Waals surface area contributed by atoms with Crippen molar-refractivity contribution < 1.29 is 9.59 Å². The fourth-order valence-electron chi connectivity index (χ4n) is 3.66. The molecule has 162 valence electrons. The van der Waals surface area contributed by atoms with Crippen LogP contribution < -0.4 is 5.32 Å². The van der Waals surface area contributed by atoms with E-state index in [2.05, 4.69) is 18.3 Å². The molecule has 2 aromatic rings. The summed E-state index contributed by atoms with van der Waals surface area (Å²) in [5.74, 6) is -0.138. The van der Waals surface area contributed by atoms with Crippen LogP contribution in [0.1, 0.15) is 55.4 Å². The van der Waals surface area contributed by atoms with Crippen LogP contribution in [0.2, 0.25) is 5.02 Å². The van der Waals surface area contributed by atoms with E-state index in [4.69, 9.17) is 11.6 Å². The summed E-state index contributed by atoms with van der Waals surface area (Å²) in [5.41, 5.74) is 4.19. The van der Waals surface area contributed by atoms with Gasteiger partial charge < -0.3 is 10.2 Å². The van der Waals surface area contributed by atoms with Crippen LogP contribution in [0.3, 0.4) is 0 Å². The molecule has 30 heavy (non-hydrogen) atoms. The zero-order chi connectivity index (χ0) is 22.1. The Bertz CT molecular complexity index is 828. The van der Waals surface area contributed by atoms with Crippen LogP contribution in [0.25, 0.3) is 0 Å². The van der Waals surface area contributed by atoms with E-state index in [9.17, 15) is 9.59 Å². The van der Waals surface area contributed by atoms with Crippen molar-refractivity contribution in [3.05, 3.63) is 69.7 Å². The van der Waals surface area contributed by atoms with E-state index in [1.807, 2.05) is 57.2 Å². The lowest BCUT2D eigenvalue weighted by atomic mass is 10.0. The predicted octanol–water partition coefficient (Wildman–Crippen LogP) is 5.22. The first kappa shape index (κ1) is 23.9. The molecule has 1 atom stereocenters. The third-order valence-corrected chi connectivity index (χ3v) is 5.37. The van der Waals surface area contributed by atoms with E-state index >= 15 is 0 Å². The van der Waals surface area contributed by atoms with Crippen molar-refractivity contribution in [2.75, 3.05) is 6.54 Å². The number of nitrogens with one attached hydrogen (secondary N) is 1. The average Bonchev–Trinajstić information content (AvgIpc) is 2.68. The Morgan fingerprint density at radius 1 is 1.00 bits per heavy atom. The van der Waals surface area contributed by atoms with Crippen LogP contribution in [-0.4, -0.2) is 29.3 Å². The van der Waals surface area contributed by atoms with E-state index < -0.39 is 6.04 Å². The first-order valence-corrected chi connectivity index (χ1v) is 11.1. The molecule has 2 aromatic carbocycles. The highest BCUT2D eigenvalue weighted by Gasteiger charge is 2.28. The largest absolute Gasteiger partial charge is 0.354 e. The lowest BCUT2D eigenvalue weighted by Gasteiger charge is -2.31. The Hall–Kier alpha value is -2.33. The molecule has 2 rings (SSSR count). The van der Waals surface area contributed by atoms with Crippen LogP contribution in [-0.2, 0) is 22.6 Å². The Morgan fingerprint density at radius 2 is 1.63 bits per heavy atom. The maximum absolute atomic E-state index is 13.4. The molecular weight excluding hydrogens is 396 g/mol. The van der Waals surface area contributed by atoms with Crippen molar-refractivity contribution in [3.8, 4) is 0 Å². The lowest BCUT2D eigenvalue weighted by Crippen LogP contribution is -2.49. The fraction of sp³-hybridized carbons (Fsp3) is 0.440. The SMILES string of the molecule is CCCCNC(=O)C(CC)N(Cc1ccc(Cl)cc1)C(=O)Cc1cc(C)cc(C)c1. The summed E-state index contributed by atoms with van der Waals surface area (Å²) in [6.45, 7) is 9.10. The number of hydrogen-bond acceptors (Lipinski definition) is 2. The number of nitrogens with zero attached hydrogens (tertiary/aromatic N) is 1. The highest BCUT2D eigenvalue weighted by molar-refractivity contribution is 6.30. The molecular formula is C25H33ClN2O2. The van der Waals surface area contributed by atoms with Crippen LogP contribution in [0.15, 0.2) is 42.5 Å². The summed E-state index contributed by atoms with van der Waals surface area (Å²) in [6.07, 6.45) is 2.77. The van der Waals surface area contributed by atoms with E-state index in [1.54, 1.807) is 4.90 Å². The van der Waals surface area contributed by atoms with E-state index in [0.717, 1.165) is 35.1 Å². The van der Waals surface area contributed by atoms with Crippen LogP contribution in [0, 0.1) is 13.8 Å². The van der Waals surface area contributed by atoms with Crippen molar-refractivity contribution in [1.82, 2.24) is 10.2 Å². The zero-order valence-corrected chi connectivity index (χ0v) is 19.3. The van der Waals surface area contributed by atoms with Crippen molar-refractivity contribution in [2.45, 2.75) is 66.0 Å². The number of amides is 2. The van der Waals surface area contributed by atoms with Gasteiger partial charge in [-0.15, -0.1) is 0 Å². The molecule has 0 aliphatic carbocycles. The summed E-state index contributed by atoms with van der Waals surface area (Å²) >= 11 is 6.01. The number of carbonyl (C=O) groups is 2. The van der Waals surface area contributed by atoms with E-state index in [1.165, 1.54) is 0 Å². The zero-order valence-electron chi connectivity index (χ0n) is 18.5. The van der Waals surface area contributed by atoms with Gasteiger partial charge >= 0.3 is 0 Å². The molecule has 0 spiro atoms. The lowest BCUT2D eigenvalue weighted by molar-refractivity contribution is -0.140. The molecule has 0 saturated carbocycles. The molecule has 0 aromatic heterocycles. The Morgan fingerprint density at radius 3 is 2.20 bits per heavy atom. The van der Waals surface area contributed by atoms with Gasteiger partial charge in [0.1, 0.15) is 6.04 Å². The third kappa shape index (κ3) is 7.17. The molecule has 0 aliphatic rings. The number of halogens is 1. The summed E-state index contributed by atoms with van der Waals surface area (Å²) in [4.78, 5) is 27.9. The van der Waals surface area contributed by atoms with Gasteiger partial charge in [0.05, 0.1) is 6.42 Å². The molecule has 0 radical (unpaired) electrons. The van der Waals surface area contributed by atoms with Gasteiger partial charge in [-0.3, -0.25) is 9.59 Å². The van der Waals surface area contributed by atoms with Crippen molar-refractivity contribution in [1.29, 1.82) is 0 Å². The van der Waals surface area contributed by atoms with Gasteiger partial charge in [-0.05, 0) is 49.9 Å². The second kappa shape index (κ2) is 11.8. The maximum Gasteiger partial charge on any atom is 0.242 e. The monoisotopic (exact) mass is 428 g/mol. The molecule has 0 bridgehead atoms. The van der Waals surface area contributed by atoms with E-state index in [-0.39, 0.29) is 18.2 Å². The topological polar surface area (TPSA) is 49.4 Å². The smallest absolute Gasteiger partial charge is 0.242 e. The van der Waals surface area contributed by atoms with Gasteiger partial charge in [-0.25, -0.2) is 0 Å². The number of rotatable bonds is 10. The number of unbranched alkanes of at least 4 members (excludes halogenated alkanes) is 1. The van der Waals surface area contributed by atoms with Crippen LogP contribution >= 0.6 is 11.6 Å². The minimum atomic E-state index is -0.504. The third-order valence-electron chi connectivity index (χ3n) is 5.12. The number of aryl methyl sites for hydroxylation is 2. The molecule has 5 heteroatoms. The molecule has 1 unspecified atom stereocenters. The predicted molar refractivity (Wildman–Crippen MR) is 124 cm³/mol.